The fourth-order valence-corrected chi connectivity index (χ4v) is 1.74. The van der Waals surface area contributed by atoms with Crippen LogP contribution >= 0.6 is 11.6 Å². The number of nitrogens with one attached hydrogen (secondary N) is 1. The first-order valence-electron chi connectivity index (χ1n) is 5.57. The monoisotopic (exact) mass is 260 g/mol. The molecule has 1 heterocycles. The number of pyridine rings is 1. The van der Waals surface area contributed by atoms with E-state index >= 15 is 0 Å². The average molecular weight is 261 g/mol. The standard InChI is InChI=1S/C14H13ClN2O/c1-9-10(2)16-8-7-13(9)14(18)17-12-5-3-11(15)4-6-12/h3-8H,1-2H3,(H,17,18). The molecule has 0 aliphatic carbocycles. The number of halogens is 1. The number of carbonyl (C=O) groups excluding carboxylic acids is 1. The SMILES string of the molecule is Cc1nccc(C(=O)Nc2ccc(Cl)cc2)c1C. The van der Waals surface area contributed by atoms with Gasteiger partial charge in [-0.05, 0) is 49.7 Å². The Labute approximate surface area is 111 Å². The van der Waals surface area contributed by atoms with E-state index in [0.29, 0.717) is 10.6 Å². The number of anilines is 1. The van der Waals surface area contributed by atoms with Crippen LogP contribution in [0, 0.1) is 13.8 Å². The second-order valence-corrected chi connectivity index (χ2v) is 4.47. The minimum absolute atomic E-state index is 0.139. The zero-order chi connectivity index (χ0) is 13.1. The quantitative estimate of drug-likeness (QED) is 0.896. The number of hydrogen-bond acceptors (Lipinski definition) is 2. The first-order chi connectivity index (χ1) is 8.58. The number of amides is 1. The van der Waals surface area contributed by atoms with E-state index in [4.69, 9.17) is 11.6 Å². The summed E-state index contributed by atoms with van der Waals surface area (Å²) in [6.45, 7) is 3.77. The van der Waals surface area contributed by atoms with Crippen LogP contribution in [0.5, 0.6) is 0 Å². The predicted molar refractivity (Wildman–Crippen MR) is 73.1 cm³/mol. The largest absolute Gasteiger partial charge is 0.322 e. The summed E-state index contributed by atoms with van der Waals surface area (Å²) in [4.78, 5) is 16.2. The lowest BCUT2D eigenvalue weighted by molar-refractivity contribution is 0.102. The summed E-state index contributed by atoms with van der Waals surface area (Å²) < 4.78 is 0. The highest BCUT2D eigenvalue weighted by atomic mass is 35.5. The van der Waals surface area contributed by atoms with Crippen molar-refractivity contribution in [3.05, 3.63) is 58.4 Å². The third-order valence-corrected chi connectivity index (χ3v) is 3.05. The minimum atomic E-state index is -0.139. The number of carbonyl (C=O) groups is 1. The minimum Gasteiger partial charge on any atom is -0.322 e. The third kappa shape index (κ3) is 2.68. The number of nitrogens with zero attached hydrogens (tertiary/aromatic N) is 1. The molecular formula is C14H13ClN2O. The van der Waals surface area contributed by atoms with Gasteiger partial charge in [0.2, 0.25) is 0 Å². The Morgan fingerprint density at radius 1 is 1.17 bits per heavy atom. The zero-order valence-corrected chi connectivity index (χ0v) is 11.0. The molecule has 0 bridgehead atoms. The molecule has 0 radical (unpaired) electrons. The van der Waals surface area contributed by atoms with Crippen LogP contribution < -0.4 is 5.32 Å². The van der Waals surface area contributed by atoms with E-state index in [1.54, 1.807) is 36.5 Å². The maximum Gasteiger partial charge on any atom is 0.256 e. The molecule has 1 amide bonds. The van der Waals surface area contributed by atoms with Gasteiger partial charge >= 0.3 is 0 Å². The van der Waals surface area contributed by atoms with Crippen LogP contribution in [0.4, 0.5) is 5.69 Å². The van der Waals surface area contributed by atoms with Crippen molar-refractivity contribution < 1.29 is 4.79 Å². The van der Waals surface area contributed by atoms with E-state index in [0.717, 1.165) is 16.9 Å². The summed E-state index contributed by atoms with van der Waals surface area (Å²) in [5.41, 5.74) is 3.11. The molecule has 2 aromatic rings. The maximum atomic E-state index is 12.1. The number of benzene rings is 1. The summed E-state index contributed by atoms with van der Waals surface area (Å²) in [6, 6.07) is 8.73. The first-order valence-corrected chi connectivity index (χ1v) is 5.95. The van der Waals surface area contributed by atoms with Gasteiger partial charge in [-0.25, -0.2) is 0 Å². The van der Waals surface area contributed by atoms with Crippen LogP contribution in [0.15, 0.2) is 36.5 Å². The molecular weight excluding hydrogens is 248 g/mol. The Balaban J connectivity index is 2.22. The Bertz CT molecular complexity index is 579. The van der Waals surface area contributed by atoms with Crippen LogP contribution in [-0.2, 0) is 0 Å². The van der Waals surface area contributed by atoms with E-state index < -0.39 is 0 Å². The lowest BCUT2D eigenvalue weighted by atomic mass is 10.1. The molecule has 92 valence electrons. The van der Waals surface area contributed by atoms with Crippen molar-refractivity contribution in [2.24, 2.45) is 0 Å². The molecule has 2 rings (SSSR count). The van der Waals surface area contributed by atoms with Crippen molar-refractivity contribution in [1.29, 1.82) is 0 Å². The van der Waals surface area contributed by atoms with Gasteiger partial charge in [-0.2, -0.15) is 0 Å². The fourth-order valence-electron chi connectivity index (χ4n) is 1.62. The second kappa shape index (κ2) is 5.19. The molecule has 0 spiro atoms. The molecule has 18 heavy (non-hydrogen) atoms. The van der Waals surface area contributed by atoms with Crippen LogP contribution in [0.1, 0.15) is 21.6 Å². The Morgan fingerprint density at radius 2 is 1.83 bits per heavy atom. The normalized spacial score (nSPS) is 10.2. The molecule has 0 aliphatic heterocycles. The number of aryl methyl sites for hydroxylation is 1. The molecule has 4 heteroatoms. The van der Waals surface area contributed by atoms with Crippen molar-refractivity contribution >= 4 is 23.2 Å². The van der Waals surface area contributed by atoms with Crippen LogP contribution in [0.2, 0.25) is 5.02 Å². The van der Waals surface area contributed by atoms with Crippen LogP contribution in [0.3, 0.4) is 0 Å². The molecule has 1 aromatic heterocycles. The van der Waals surface area contributed by atoms with E-state index in [1.807, 2.05) is 13.8 Å². The second-order valence-electron chi connectivity index (χ2n) is 4.03. The van der Waals surface area contributed by atoms with Gasteiger partial charge in [0.05, 0.1) is 0 Å². The van der Waals surface area contributed by atoms with Gasteiger partial charge in [-0.15, -0.1) is 0 Å². The van der Waals surface area contributed by atoms with Crippen molar-refractivity contribution in [2.45, 2.75) is 13.8 Å². The Morgan fingerprint density at radius 3 is 2.50 bits per heavy atom. The maximum absolute atomic E-state index is 12.1. The van der Waals surface area contributed by atoms with Gasteiger partial charge in [-0.3, -0.25) is 9.78 Å². The third-order valence-electron chi connectivity index (χ3n) is 2.80. The predicted octanol–water partition coefficient (Wildman–Crippen LogP) is 3.60. The molecule has 0 atom stereocenters. The van der Waals surface area contributed by atoms with Crippen molar-refractivity contribution in [1.82, 2.24) is 4.98 Å². The lowest BCUT2D eigenvalue weighted by Gasteiger charge is -2.08. The van der Waals surface area contributed by atoms with Crippen molar-refractivity contribution in [3.8, 4) is 0 Å². The van der Waals surface area contributed by atoms with E-state index in [-0.39, 0.29) is 5.91 Å². The smallest absolute Gasteiger partial charge is 0.256 e. The Kier molecular flexibility index (Phi) is 3.63. The molecule has 0 aliphatic rings. The molecule has 1 aromatic carbocycles. The summed E-state index contributed by atoms with van der Waals surface area (Å²) >= 11 is 5.79. The highest BCUT2D eigenvalue weighted by Gasteiger charge is 2.10. The van der Waals surface area contributed by atoms with Gasteiger partial charge in [0.15, 0.2) is 0 Å². The molecule has 1 N–H and O–H groups in total. The summed E-state index contributed by atoms with van der Waals surface area (Å²) in [5, 5.41) is 3.47. The van der Waals surface area contributed by atoms with Gasteiger partial charge in [0, 0.05) is 28.2 Å². The van der Waals surface area contributed by atoms with Gasteiger partial charge in [0.1, 0.15) is 0 Å². The molecule has 3 nitrogen and oxygen atoms in total. The van der Waals surface area contributed by atoms with Crippen molar-refractivity contribution in [3.63, 3.8) is 0 Å². The lowest BCUT2D eigenvalue weighted by Crippen LogP contribution is -2.14. The number of rotatable bonds is 2. The molecule has 0 fully saturated rings. The van der Waals surface area contributed by atoms with Gasteiger partial charge in [-0.1, -0.05) is 11.6 Å². The van der Waals surface area contributed by atoms with E-state index in [9.17, 15) is 4.79 Å². The zero-order valence-electron chi connectivity index (χ0n) is 10.2. The summed E-state index contributed by atoms with van der Waals surface area (Å²) in [6.07, 6.45) is 1.64. The van der Waals surface area contributed by atoms with Crippen LogP contribution in [-0.4, -0.2) is 10.9 Å². The first kappa shape index (κ1) is 12.6. The fraction of sp³-hybridized carbons (Fsp3) is 0.143. The number of hydrogen-bond donors (Lipinski definition) is 1. The average Bonchev–Trinajstić information content (AvgIpc) is 2.35. The molecule has 0 saturated heterocycles. The highest BCUT2D eigenvalue weighted by molar-refractivity contribution is 6.30. The van der Waals surface area contributed by atoms with E-state index in [2.05, 4.69) is 10.3 Å². The molecule has 0 saturated carbocycles. The summed E-state index contributed by atoms with van der Waals surface area (Å²) in [7, 11) is 0. The number of aromatic nitrogens is 1. The highest BCUT2D eigenvalue weighted by Crippen LogP contribution is 2.16. The Hall–Kier alpha value is -1.87. The topological polar surface area (TPSA) is 42.0 Å². The van der Waals surface area contributed by atoms with Crippen LogP contribution in [0.25, 0.3) is 0 Å². The van der Waals surface area contributed by atoms with Crippen molar-refractivity contribution in [2.75, 3.05) is 5.32 Å². The van der Waals surface area contributed by atoms with E-state index in [1.165, 1.54) is 0 Å². The van der Waals surface area contributed by atoms with Gasteiger partial charge < -0.3 is 5.32 Å². The molecule has 0 unspecified atom stereocenters. The van der Waals surface area contributed by atoms with Gasteiger partial charge in [0.25, 0.3) is 5.91 Å². The summed E-state index contributed by atoms with van der Waals surface area (Å²) in [5.74, 6) is -0.139.